The predicted molar refractivity (Wildman–Crippen MR) is 111 cm³/mol. The third-order valence-corrected chi connectivity index (χ3v) is 4.11. The van der Waals surface area contributed by atoms with Gasteiger partial charge in [0.1, 0.15) is 12.4 Å². The number of hydrogen-bond acceptors (Lipinski definition) is 3. The standard InChI is InChI=1S/C23H22N2O3/c1-16-3-13-22(14-4-16)28-15-18-5-7-19(8-6-18)23(27)25-21-11-9-20(10-12-21)24-17(2)26/h3-14H,15H2,1-2H3,(H,24,26)(H,25,27). The highest BCUT2D eigenvalue weighted by Gasteiger charge is 2.07. The Kier molecular flexibility index (Phi) is 6.07. The minimum absolute atomic E-state index is 0.136. The van der Waals surface area contributed by atoms with Crippen LogP contribution in [0.3, 0.4) is 0 Å². The van der Waals surface area contributed by atoms with Gasteiger partial charge in [0.15, 0.2) is 0 Å². The lowest BCUT2D eigenvalue weighted by Crippen LogP contribution is -2.12. The van der Waals surface area contributed by atoms with Crippen LogP contribution in [-0.2, 0) is 11.4 Å². The van der Waals surface area contributed by atoms with E-state index in [9.17, 15) is 9.59 Å². The zero-order chi connectivity index (χ0) is 19.9. The van der Waals surface area contributed by atoms with Gasteiger partial charge in [0.05, 0.1) is 0 Å². The van der Waals surface area contributed by atoms with Crippen LogP contribution < -0.4 is 15.4 Å². The second-order valence-corrected chi connectivity index (χ2v) is 6.51. The van der Waals surface area contributed by atoms with Crippen molar-refractivity contribution < 1.29 is 14.3 Å². The summed E-state index contributed by atoms with van der Waals surface area (Å²) in [5.41, 5.74) is 4.07. The molecule has 5 heteroatoms. The van der Waals surface area contributed by atoms with Gasteiger partial charge >= 0.3 is 0 Å². The SMILES string of the molecule is CC(=O)Nc1ccc(NC(=O)c2ccc(COc3ccc(C)cc3)cc2)cc1. The van der Waals surface area contributed by atoms with Crippen molar-refractivity contribution in [3.63, 3.8) is 0 Å². The van der Waals surface area contributed by atoms with E-state index in [0.29, 0.717) is 23.5 Å². The molecule has 0 spiro atoms. The Balaban J connectivity index is 1.55. The highest BCUT2D eigenvalue weighted by atomic mass is 16.5. The van der Waals surface area contributed by atoms with Crippen molar-refractivity contribution in [3.8, 4) is 5.75 Å². The first-order chi connectivity index (χ1) is 13.5. The number of benzene rings is 3. The minimum Gasteiger partial charge on any atom is -0.489 e. The molecule has 0 radical (unpaired) electrons. The van der Waals surface area contributed by atoms with E-state index in [1.807, 2.05) is 43.3 Å². The Morgan fingerprint density at radius 2 is 1.36 bits per heavy atom. The summed E-state index contributed by atoms with van der Waals surface area (Å²) in [7, 11) is 0. The van der Waals surface area contributed by atoms with Crippen LogP contribution in [0, 0.1) is 6.92 Å². The molecule has 2 N–H and O–H groups in total. The molecule has 0 aliphatic carbocycles. The highest BCUT2D eigenvalue weighted by Crippen LogP contribution is 2.16. The molecule has 0 aromatic heterocycles. The first kappa shape index (κ1) is 19.2. The summed E-state index contributed by atoms with van der Waals surface area (Å²) < 4.78 is 5.75. The van der Waals surface area contributed by atoms with Gasteiger partial charge in [-0.15, -0.1) is 0 Å². The van der Waals surface area contributed by atoms with Gasteiger partial charge in [-0.2, -0.15) is 0 Å². The van der Waals surface area contributed by atoms with Crippen molar-refractivity contribution in [1.29, 1.82) is 0 Å². The fraction of sp³-hybridized carbons (Fsp3) is 0.130. The van der Waals surface area contributed by atoms with E-state index in [1.54, 1.807) is 36.4 Å². The Morgan fingerprint density at radius 3 is 1.93 bits per heavy atom. The van der Waals surface area contributed by atoms with Gasteiger partial charge in [-0.3, -0.25) is 9.59 Å². The molecular formula is C23H22N2O3. The van der Waals surface area contributed by atoms with Gasteiger partial charge in [0.2, 0.25) is 5.91 Å². The molecule has 3 aromatic carbocycles. The molecule has 0 aliphatic heterocycles. The number of nitrogens with one attached hydrogen (secondary N) is 2. The molecule has 0 heterocycles. The predicted octanol–water partition coefficient (Wildman–Crippen LogP) is 4.78. The van der Waals surface area contributed by atoms with Gasteiger partial charge in [0, 0.05) is 23.9 Å². The summed E-state index contributed by atoms with van der Waals surface area (Å²) in [6.45, 7) is 3.92. The van der Waals surface area contributed by atoms with E-state index >= 15 is 0 Å². The molecule has 3 aromatic rings. The Bertz CT molecular complexity index is 947. The monoisotopic (exact) mass is 374 g/mol. The van der Waals surface area contributed by atoms with E-state index in [2.05, 4.69) is 10.6 Å². The van der Waals surface area contributed by atoms with Crippen molar-refractivity contribution >= 4 is 23.2 Å². The van der Waals surface area contributed by atoms with Gasteiger partial charge in [-0.05, 0) is 61.0 Å². The smallest absolute Gasteiger partial charge is 0.255 e. The number of anilines is 2. The maximum Gasteiger partial charge on any atom is 0.255 e. The highest BCUT2D eigenvalue weighted by molar-refractivity contribution is 6.04. The molecule has 0 saturated heterocycles. The third kappa shape index (κ3) is 5.45. The fourth-order valence-corrected chi connectivity index (χ4v) is 2.60. The van der Waals surface area contributed by atoms with E-state index in [4.69, 9.17) is 4.74 Å². The van der Waals surface area contributed by atoms with Gasteiger partial charge < -0.3 is 15.4 Å². The van der Waals surface area contributed by atoms with E-state index in [0.717, 1.165) is 11.3 Å². The maximum atomic E-state index is 12.4. The summed E-state index contributed by atoms with van der Waals surface area (Å²) >= 11 is 0. The lowest BCUT2D eigenvalue weighted by molar-refractivity contribution is -0.114. The summed E-state index contributed by atoms with van der Waals surface area (Å²) in [5.74, 6) is 0.483. The third-order valence-electron chi connectivity index (χ3n) is 4.11. The molecule has 0 fully saturated rings. The van der Waals surface area contributed by atoms with Crippen LogP contribution in [0.25, 0.3) is 0 Å². The molecule has 0 bridgehead atoms. The molecule has 5 nitrogen and oxygen atoms in total. The lowest BCUT2D eigenvalue weighted by Gasteiger charge is -2.09. The first-order valence-electron chi connectivity index (χ1n) is 8.97. The van der Waals surface area contributed by atoms with Crippen LogP contribution in [0.4, 0.5) is 11.4 Å². The minimum atomic E-state index is -0.196. The quantitative estimate of drug-likeness (QED) is 0.652. The molecule has 28 heavy (non-hydrogen) atoms. The average molecular weight is 374 g/mol. The zero-order valence-electron chi connectivity index (χ0n) is 15.9. The molecule has 0 unspecified atom stereocenters. The molecule has 0 saturated carbocycles. The van der Waals surface area contributed by atoms with Crippen LogP contribution in [0.1, 0.15) is 28.4 Å². The Labute approximate surface area is 164 Å². The topological polar surface area (TPSA) is 67.4 Å². The zero-order valence-corrected chi connectivity index (χ0v) is 15.9. The van der Waals surface area contributed by atoms with Crippen molar-refractivity contribution in [1.82, 2.24) is 0 Å². The Hall–Kier alpha value is -3.60. The number of carbonyl (C=O) groups is 2. The summed E-state index contributed by atoms with van der Waals surface area (Å²) in [5, 5.41) is 5.52. The molecule has 0 atom stereocenters. The van der Waals surface area contributed by atoms with Crippen LogP contribution in [-0.4, -0.2) is 11.8 Å². The number of amides is 2. The Morgan fingerprint density at radius 1 is 0.786 bits per heavy atom. The second kappa shape index (κ2) is 8.86. The number of rotatable bonds is 6. The molecular weight excluding hydrogens is 352 g/mol. The van der Waals surface area contributed by atoms with Crippen LogP contribution in [0.15, 0.2) is 72.8 Å². The first-order valence-corrected chi connectivity index (χ1v) is 8.97. The van der Waals surface area contributed by atoms with Crippen molar-refractivity contribution in [2.75, 3.05) is 10.6 Å². The van der Waals surface area contributed by atoms with Crippen molar-refractivity contribution in [2.45, 2.75) is 20.5 Å². The van der Waals surface area contributed by atoms with Crippen molar-refractivity contribution in [3.05, 3.63) is 89.5 Å². The number of aryl methyl sites for hydroxylation is 1. The molecule has 2 amide bonds. The van der Waals surface area contributed by atoms with E-state index < -0.39 is 0 Å². The van der Waals surface area contributed by atoms with Crippen LogP contribution >= 0.6 is 0 Å². The number of hydrogen-bond donors (Lipinski definition) is 2. The summed E-state index contributed by atoms with van der Waals surface area (Å²) in [6.07, 6.45) is 0. The van der Waals surface area contributed by atoms with Gasteiger partial charge in [-0.25, -0.2) is 0 Å². The van der Waals surface area contributed by atoms with E-state index in [-0.39, 0.29) is 11.8 Å². The molecule has 0 aliphatic rings. The molecule has 3 rings (SSSR count). The van der Waals surface area contributed by atoms with Crippen LogP contribution in [0.5, 0.6) is 5.75 Å². The summed E-state index contributed by atoms with van der Waals surface area (Å²) in [6, 6.07) is 22.2. The van der Waals surface area contributed by atoms with Gasteiger partial charge in [-0.1, -0.05) is 29.8 Å². The number of ether oxygens (including phenoxy) is 1. The molecule has 142 valence electrons. The van der Waals surface area contributed by atoms with Gasteiger partial charge in [0.25, 0.3) is 5.91 Å². The maximum absolute atomic E-state index is 12.4. The second-order valence-electron chi connectivity index (χ2n) is 6.51. The number of carbonyl (C=O) groups excluding carboxylic acids is 2. The average Bonchev–Trinajstić information content (AvgIpc) is 2.69. The lowest BCUT2D eigenvalue weighted by atomic mass is 10.1. The normalized spacial score (nSPS) is 10.2. The van der Waals surface area contributed by atoms with Crippen LogP contribution in [0.2, 0.25) is 0 Å². The largest absolute Gasteiger partial charge is 0.489 e. The summed E-state index contributed by atoms with van der Waals surface area (Å²) in [4.78, 5) is 23.4. The van der Waals surface area contributed by atoms with E-state index in [1.165, 1.54) is 12.5 Å². The fourth-order valence-electron chi connectivity index (χ4n) is 2.60. The van der Waals surface area contributed by atoms with Crippen molar-refractivity contribution in [2.24, 2.45) is 0 Å².